The Labute approximate surface area is 192 Å². The van der Waals surface area contributed by atoms with Crippen molar-refractivity contribution in [3.63, 3.8) is 0 Å². The highest BCUT2D eigenvalue weighted by Crippen LogP contribution is 2.28. The molecule has 5 aromatic rings. The summed E-state index contributed by atoms with van der Waals surface area (Å²) in [5, 5.41) is 10.8. The minimum absolute atomic E-state index is 0.452. The Morgan fingerprint density at radius 3 is 2.12 bits per heavy atom. The molecule has 0 atom stereocenters. The number of aromatic nitrogens is 4. The van der Waals surface area contributed by atoms with E-state index in [1.807, 2.05) is 95.5 Å². The second-order valence-electron chi connectivity index (χ2n) is 7.54. The van der Waals surface area contributed by atoms with E-state index >= 15 is 0 Å². The van der Waals surface area contributed by atoms with Crippen LogP contribution in [0.2, 0.25) is 0 Å². The average molecular weight is 436 g/mol. The summed E-state index contributed by atoms with van der Waals surface area (Å²) in [5.41, 5.74) is 4.65. The van der Waals surface area contributed by atoms with E-state index in [0.29, 0.717) is 17.5 Å². The molecule has 0 spiro atoms. The molecule has 0 saturated heterocycles. The number of para-hydroxylation sites is 1. The van der Waals surface area contributed by atoms with Crippen molar-refractivity contribution in [3.05, 3.63) is 103 Å². The average Bonchev–Trinajstić information content (AvgIpc) is 3.29. The fraction of sp³-hybridized carbons (Fsp3) is 0.0769. The minimum atomic E-state index is 0.452. The maximum atomic E-state index is 5.77. The molecule has 6 heteroatoms. The zero-order valence-corrected chi connectivity index (χ0v) is 18.4. The van der Waals surface area contributed by atoms with Gasteiger partial charge >= 0.3 is 0 Å². The Morgan fingerprint density at radius 1 is 0.781 bits per heavy atom. The smallest absolute Gasteiger partial charge is 0.180 e. The number of hydrogen-bond donors (Lipinski definition) is 0. The van der Waals surface area contributed by atoms with Gasteiger partial charge in [-0.15, -0.1) is 10.2 Å². The predicted octanol–water partition coefficient (Wildman–Crippen LogP) is 5.43. The topological polar surface area (TPSA) is 46.8 Å². The third kappa shape index (κ3) is 3.88. The van der Waals surface area contributed by atoms with Crippen molar-refractivity contribution < 1.29 is 0 Å². The van der Waals surface area contributed by atoms with E-state index in [1.54, 1.807) is 0 Å². The van der Waals surface area contributed by atoms with Gasteiger partial charge in [-0.1, -0.05) is 78.9 Å². The van der Waals surface area contributed by atoms with E-state index in [4.69, 9.17) is 17.2 Å². The monoisotopic (exact) mass is 435 g/mol. The van der Waals surface area contributed by atoms with E-state index in [-0.39, 0.29) is 0 Å². The van der Waals surface area contributed by atoms with Gasteiger partial charge in [0.25, 0.3) is 0 Å². The summed E-state index contributed by atoms with van der Waals surface area (Å²) in [4.78, 5) is 6.87. The quantitative estimate of drug-likeness (QED) is 0.353. The molecule has 0 saturated carbocycles. The molecule has 0 amide bonds. The van der Waals surface area contributed by atoms with Gasteiger partial charge in [0.05, 0.1) is 12.1 Å². The van der Waals surface area contributed by atoms with Crippen LogP contribution in [0.4, 0.5) is 0 Å². The first-order chi connectivity index (χ1) is 15.7. The molecule has 156 valence electrons. The van der Waals surface area contributed by atoms with Gasteiger partial charge in [-0.05, 0) is 24.4 Å². The second-order valence-corrected chi connectivity index (χ2v) is 7.91. The number of nitrogens with zero attached hydrogens (tertiary/aromatic N) is 5. The summed E-state index contributed by atoms with van der Waals surface area (Å²) < 4.78 is 2.01. The van der Waals surface area contributed by atoms with Gasteiger partial charge < -0.3 is 4.90 Å². The predicted molar refractivity (Wildman–Crippen MR) is 132 cm³/mol. The third-order valence-corrected chi connectivity index (χ3v) is 5.84. The molecule has 5 nitrogen and oxygen atoms in total. The molecular weight excluding hydrogens is 414 g/mol. The van der Waals surface area contributed by atoms with Crippen LogP contribution in [0.1, 0.15) is 5.82 Å². The lowest BCUT2D eigenvalue weighted by atomic mass is 10.0. The van der Waals surface area contributed by atoms with Gasteiger partial charge in [-0.3, -0.25) is 4.57 Å². The molecule has 2 aromatic heterocycles. The Morgan fingerprint density at radius 2 is 1.41 bits per heavy atom. The molecule has 0 aliphatic rings. The maximum Gasteiger partial charge on any atom is 0.180 e. The van der Waals surface area contributed by atoms with Crippen molar-refractivity contribution in [3.8, 4) is 22.5 Å². The molecular formula is C26H21N5S. The lowest BCUT2D eigenvalue weighted by Crippen LogP contribution is -2.30. The molecule has 0 radical (unpaired) electrons. The molecule has 0 fully saturated rings. The van der Waals surface area contributed by atoms with Crippen molar-refractivity contribution in [2.45, 2.75) is 6.54 Å². The van der Waals surface area contributed by atoms with E-state index in [2.05, 4.69) is 28.4 Å². The van der Waals surface area contributed by atoms with Crippen LogP contribution in [0.3, 0.4) is 0 Å². The standard InChI is InChI=1S/C26H21N5S/c1-30(26(32)31-17-16-19-10-8-9-15-22(19)31)18-23-27-24(20-11-4-2-5-12-20)25(29-28-23)21-13-6-3-7-14-21/h2-17H,18H2,1H3. The van der Waals surface area contributed by atoms with E-state index in [0.717, 1.165) is 33.4 Å². The fourth-order valence-electron chi connectivity index (χ4n) is 3.73. The second kappa shape index (κ2) is 8.69. The highest BCUT2D eigenvalue weighted by Gasteiger charge is 2.16. The highest BCUT2D eigenvalue weighted by molar-refractivity contribution is 7.80. The van der Waals surface area contributed by atoms with Gasteiger partial charge in [-0.25, -0.2) is 4.98 Å². The zero-order chi connectivity index (χ0) is 21.9. The number of benzene rings is 3. The van der Waals surface area contributed by atoms with Gasteiger partial charge in [0, 0.05) is 29.8 Å². The van der Waals surface area contributed by atoms with Gasteiger partial charge in [-0.2, -0.15) is 0 Å². The molecule has 0 aliphatic heterocycles. The van der Waals surface area contributed by atoms with Crippen LogP contribution in [0.25, 0.3) is 33.4 Å². The first-order valence-electron chi connectivity index (χ1n) is 10.4. The molecule has 0 N–H and O–H groups in total. The molecule has 0 unspecified atom stereocenters. The van der Waals surface area contributed by atoms with Crippen LogP contribution < -0.4 is 0 Å². The van der Waals surface area contributed by atoms with Gasteiger partial charge in [0.15, 0.2) is 10.9 Å². The molecule has 3 aromatic carbocycles. The van der Waals surface area contributed by atoms with E-state index in [9.17, 15) is 0 Å². The Bertz CT molecular complexity index is 1380. The number of fused-ring (bicyclic) bond motifs is 1. The minimum Gasteiger partial charge on any atom is -0.344 e. The summed E-state index contributed by atoms with van der Waals surface area (Å²) in [6.45, 7) is 0.452. The Kier molecular flexibility index (Phi) is 5.44. The largest absolute Gasteiger partial charge is 0.344 e. The van der Waals surface area contributed by atoms with E-state index in [1.165, 1.54) is 0 Å². The van der Waals surface area contributed by atoms with Crippen molar-refractivity contribution in [1.82, 2.24) is 24.6 Å². The first-order valence-corrected chi connectivity index (χ1v) is 10.8. The van der Waals surface area contributed by atoms with E-state index < -0.39 is 0 Å². The van der Waals surface area contributed by atoms with Crippen LogP contribution in [0, 0.1) is 0 Å². The number of hydrogen-bond acceptors (Lipinski definition) is 4. The van der Waals surface area contributed by atoms with Crippen LogP contribution in [-0.4, -0.2) is 36.8 Å². The van der Waals surface area contributed by atoms with Crippen LogP contribution in [0.5, 0.6) is 0 Å². The first kappa shape index (κ1) is 20.0. The molecule has 32 heavy (non-hydrogen) atoms. The summed E-state index contributed by atoms with van der Waals surface area (Å²) in [7, 11) is 1.95. The summed E-state index contributed by atoms with van der Waals surface area (Å²) in [6.07, 6.45) is 2.00. The van der Waals surface area contributed by atoms with Gasteiger partial charge in [0.2, 0.25) is 0 Å². The molecule has 0 aliphatic carbocycles. The SMILES string of the molecule is CN(Cc1nnc(-c2ccccc2)c(-c2ccccc2)n1)C(=S)n1ccc2ccccc21. The Hall–Kier alpha value is -3.90. The lowest BCUT2D eigenvalue weighted by molar-refractivity contribution is 0.474. The molecule has 2 heterocycles. The molecule has 0 bridgehead atoms. The fourth-order valence-corrected chi connectivity index (χ4v) is 3.95. The van der Waals surface area contributed by atoms with Crippen LogP contribution >= 0.6 is 12.2 Å². The van der Waals surface area contributed by atoms with Crippen molar-refractivity contribution in [2.75, 3.05) is 7.05 Å². The van der Waals surface area contributed by atoms with Crippen LogP contribution in [0.15, 0.2) is 97.2 Å². The van der Waals surface area contributed by atoms with Crippen molar-refractivity contribution in [1.29, 1.82) is 0 Å². The third-order valence-electron chi connectivity index (χ3n) is 5.34. The van der Waals surface area contributed by atoms with Crippen molar-refractivity contribution >= 4 is 28.2 Å². The van der Waals surface area contributed by atoms with Crippen LogP contribution in [-0.2, 0) is 6.54 Å². The lowest BCUT2D eigenvalue weighted by Gasteiger charge is -2.21. The molecule has 5 rings (SSSR count). The summed E-state index contributed by atoms with van der Waals surface area (Å²) >= 11 is 5.77. The normalized spacial score (nSPS) is 10.9. The zero-order valence-electron chi connectivity index (χ0n) is 17.6. The van der Waals surface area contributed by atoms with Crippen molar-refractivity contribution in [2.24, 2.45) is 0 Å². The summed E-state index contributed by atoms with van der Waals surface area (Å²) in [6, 6.07) is 30.4. The van der Waals surface area contributed by atoms with Gasteiger partial charge in [0.1, 0.15) is 11.4 Å². The summed E-state index contributed by atoms with van der Waals surface area (Å²) in [5.74, 6) is 0.616. The highest BCUT2D eigenvalue weighted by atomic mass is 32.1. The Balaban J connectivity index is 1.48. The number of rotatable bonds is 4. The maximum absolute atomic E-state index is 5.77. The number of thiocarbonyl (C=S) groups is 1.